The Bertz CT molecular complexity index is 1120. The molecule has 0 saturated heterocycles. The van der Waals surface area contributed by atoms with Crippen LogP contribution in [0.5, 0.6) is 5.75 Å². The standard InChI is InChI=1S/C23H18N2O6/c26-22(17-6-2-1-3-7-17)24-20(23(27)28)14-18-8-4-5-9-21(18)31-15-16-10-12-19(13-11-16)25(29)30/h1-14H,15H2,(H,24,26)(H,27,28). The van der Waals surface area contributed by atoms with E-state index in [0.29, 0.717) is 22.4 Å². The van der Waals surface area contributed by atoms with Crippen LogP contribution >= 0.6 is 0 Å². The van der Waals surface area contributed by atoms with E-state index in [4.69, 9.17) is 4.74 Å². The fraction of sp³-hybridized carbons (Fsp3) is 0.0435. The summed E-state index contributed by atoms with van der Waals surface area (Å²) in [7, 11) is 0. The molecule has 0 bridgehead atoms. The Balaban J connectivity index is 1.78. The number of nitrogens with zero attached hydrogens (tertiary/aromatic N) is 1. The van der Waals surface area contributed by atoms with Gasteiger partial charge in [-0.3, -0.25) is 14.9 Å². The van der Waals surface area contributed by atoms with Crippen molar-refractivity contribution in [2.24, 2.45) is 0 Å². The molecule has 31 heavy (non-hydrogen) atoms. The molecule has 8 heteroatoms. The van der Waals surface area contributed by atoms with Gasteiger partial charge in [-0.15, -0.1) is 0 Å². The highest BCUT2D eigenvalue weighted by atomic mass is 16.6. The monoisotopic (exact) mass is 418 g/mol. The molecule has 0 spiro atoms. The van der Waals surface area contributed by atoms with Gasteiger partial charge in [0, 0.05) is 23.3 Å². The number of para-hydroxylation sites is 1. The summed E-state index contributed by atoms with van der Waals surface area (Å²) >= 11 is 0. The smallest absolute Gasteiger partial charge is 0.352 e. The minimum atomic E-state index is -1.30. The zero-order valence-electron chi connectivity index (χ0n) is 16.2. The molecule has 156 valence electrons. The second kappa shape index (κ2) is 9.84. The Labute approximate surface area is 177 Å². The van der Waals surface area contributed by atoms with Crippen molar-refractivity contribution in [1.29, 1.82) is 0 Å². The van der Waals surface area contributed by atoms with Crippen LogP contribution in [0, 0.1) is 10.1 Å². The number of rotatable bonds is 8. The second-order valence-electron chi connectivity index (χ2n) is 6.43. The summed E-state index contributed by atoms with van der Waals surface area (Å²) in [5.41, 5.74) is 1.17. The van der Waals surface area contributed by atoms with Gasteiger partial charge in [0.25, 0.3) is 11.6 Å². The molecule has 0 radical (unpaired) electrons. The van der Waals surface area contributed by atoms with Crippen molar-refractivity contribution in [2.75, 3.05) is 0 Å². The molecule has 0 aliphatic rings. The average molecular weight is 418 g/mol. The van der Waals surface area contributed by atoms with Crippen LogP contribution in [0.4, 0.5) is 5.69 Å². The average Bonchev–Trinajstić information content (AvgIpc) is 2.78. The summed E-state index contributed by atoms with van der Waals surface area (Å²) in [5, 5.41) is 22.7. The van der Waals surface area contributed by atoms with Gasteiger partial charge in [0.1, 0.15) is 18.1 Å². The number of aliphatic carboxylic acids is 1. The van der Waals surface area contributed by atoms with Gasteiger partial charge in [0.15, 0.2) is 0 Å². The lowest BCUT2D eigenvalue weighted by Crippen LogP contribution is -2.27. The number of carbonyl (C=O) groups is 2. The molecular weight excluding hydrogens is 400 g/mol. The summed E-state index contributed by atoms with van der Waals surface area (Å²) in [6.07, 6.45) is 1.31. The van der Waals surface area contributed by atoms with Gasteiger partial charge in [0.05, 0.1) is 4.92 Å². The van der Waals surface area contributed by atoms with Gasteiger partial charge in [-0.25, -0.2) is 4.79 Å². The van der Waals surface area contributed by atoms with Gasteiger partial charge in [-0.1, -0.05) is 36.4 Å². The number of amides is 1. The zero-order chi connectivity index (χ0) is 22.2. The topological polar surface area (TPSA) is 119 Å². The third kappa shape index (κ3) is 5.77. The number of ether oxygens (including phenoxy) is 1. The van der Waals surface area contributed by atoms with E-state index in [-0.39, 0.29) is 18.0 Å². The van der Waals surface area contributed by atoms with E-state index in [0.717, 1.165) is 0 Å². The van der Waals surface area contributed by atoms with Crippen LogP contribution in [-0.2, 0) is 11.4 Å². The predicted molar refractivity (Wildman–Crippen MR) is 113 cm³/mol. The first-order chi connectivity index (χ1) is 14.9. The molecule has 0 aromatic heterocycles. The summed E-state index contributed by atoms with van der Waals surface area (Å²) < 4.78 is 5.77. The van der Waals surface area contributed by atoms with E-state index in [2.05, 4.69) is 5.32 Å². The van der Waals surface area contributed by atoms with E-state index < -0.39 is 16.8 Å². The fourth-order valence-corrected chi connectivity index (χ4v) is 2.70. The maximum Gasteiger partial charge on any atom is 0.352 e. The Morgan fingerprint density at radius 2 is 1.61 bits per heavy atom. The lowest BCUT2D eigenvalue weighted by atomic mass is 10.1. The van der Waals surface area contributed by atoms with Gasteiger partial charge >= 0.3 is 5.97 Å². The maximum atomic E-state index is 12.3. The van der Waals surface area contributed by atoms with Gasteiger partial charge in [0.2, 0.25) is 0 Å². The van der Waals surface area contributed by atoms with Crippen molar-refractivity contribution in [3.05, 3.63) is 111 Å². The third-order valence-corrected chi connectivity index (χ3v) is 4.27. The molecule has 0 aliphatic heterocycles. The van der Waals surface area contributed by atoms with Gasteiger partial charge in [-0.2, -0.15) is 0 Å². The SMILES string of the molecule is O=C(O)C(=Cc1ccccc1OCc1ccc([N+](=O)[O-])cc1)NC(=O)c1ccccc1. The molecule has 8 nitrogen and oxygen atoms in total. The van der Waals surface area contributed by atoms with E-state index in [9.17, 15) is 24.8 Å². The molecule has 3 aromatic carbocycles. The number of carboxylic acids is 1. The molecule has 3 rings (SSSR count). The molecule has 2 N–H and O–H groups in total. The lowest BCUT2D eigenvalue weighted by Gasteiger charge is -2.11. The summed E-state index contributed by atoms with van der Waals surface area (Å²) in [6, 6.07) is 21.0. The molecule has 0 aliphatic carbocycles. The Hall–Kier alpha value is -4.46. The second-order valence-corrected chi connectivity index (χ2v) is 6.43. The van der Waals surface area contributed by atoms with Crippen molar-refractivity contribution < 1.29 is 24.4 Å². The molecule has 0 saturated carbocycles. The highest BCUT2D eigenvalue weighted by Crippen LogP contribution is 2.22. The number of carboxylic acid groups (broad SMARTS) is 1. The minimum Gasteiger partial charge on any atom is -0.488 e. The summed E-state index contributed by atoms with van der Waals surface area (Å²) in [6.45, 7) is 0.127. The maximum absolute atomic E-state index is 12.3. The van der Waals surface area contributed by atoms with Crippen LogP contribution in [0.3, 0.4) is 0 Å². The first kappa shape index (κ1) is 21.3. The number of hydrogen-bond acceptors (Lipinski definition) is 5. The van der Waals surface area contributed by atoms with Crippen LogP contribution in [0.1, 0.15) is 21.5 Å². The number of nitrogens with one attached hydrogen (secondary N) is 1. The predicted octanol–water partition coefficient (Wildman–Crippen LogP) is 4.03. The molecule has 0 heterocycles. The van der Waals surface area contributed by atoms with Crippen molar-refractivity contribution >= 4 is 23.6 Å². The van der Waals surface area contributed by atoms with Crippen LogP contribution in [0.15, 0.2) is 84.6 Å². The molecule has 0 fully saturated rings. The normalized spacial score (nSPS) is 10.9. The van der Waals surface area contributed by atoms with Gasteiger partial charge < -0.3 is 15.2 Å². The quantitative estimate of drug-likeness (QED) is 0.324. The molecule has 0 unspecified atom stereocenters. The van der Waals surface area contributed by atoms with Crippen LogP contribution in [0.25, 0.3) is 6.08 Å². The number of nitro benzene ring substituents is 1. The third-order valence-electron chi connectivity index (χ3n) is 4.27. The molecule has 0 atom stereocenters. The lowest BCUT2D eigenvalue weighted by molar-refractivity contribution is -0.384. The van der Waals surface area contributed by atoms with E-state index >= 15 is 0 Å². The van der Waals surface area contributed by atoms with E-state index in [1.807, 2.05) is 0 Å². The summed E-state index contributed by atoms with van der Waals surface area (Å²) in [4.78, 5) is 34.3. The van der Waals surface area contributed by atoms with Crippen molar-refractivity contribution in [3.8, 4) is 5.75 Å². The number of carbonyl (C=O) groups excluding carboxylic acids is 1. The Kier molecular flexibility index (Phi) is 6.74. The van der Waals surface area contributed by atoms with Crippen molar-refractivity contribution in [3.63, 3.8) is 0 Å². The van der Waals surface area contributed by atoms with E-state index in [1.54, 1.807) is 66.7 Å². The molecular formula is C23H18N2O6. The zero-order valence-corrected chi connectivity index (χ0v) is 16.2. The minimum absolute atomic E-state index is 0.0210. The van der Waals surface area contributed by atoms with Crippen LogP contribution in [-0.4, -0.2) is 21.9 Å². The van der Waals surface area contributed by atoms with E-state index in [1.165, 1.54) is 18.2 Å². The number of benzene rings is 3. The highest BCUT2D eigenvalue weighted by Gasteiger charge is 2.14. The molecule has 3 aromatic rings. The largest absolute Gasteiger partial charge is 0.488 e. The number of nitro groups is 1. The van der Waals surface area contributed by atoms with Gasteiger partial charge in [-0.05, 0) is 42.0 Å². The Morgan fingerprint density at radius 1 is 0.968 bits per heavy atom. The molecule has 1 amide bonds. The fourth-order valence-electron chi connectivity index (χ4n) is 2.70. The van der Waals surface area contributed by atoms with Crippen molar-refractivity contribution in [1.82, 2.24) is 5.32 Å². The number of hydrogen-bond donors (Lipinski definition) is 2. The Morgan fingerprint density at radius 3 is 2.26 bits per heavy atom. The summed E-state index contributed by atoms with van der Waals surface area (Å²) in [5.74, 6) is -1.44. The first-order valence-corrected chi connectivity index (χ1v) is 9.20. The van der Waals surface area contributed by atoms with Crippen LogP contribution < -0.4 is 10.1 Å². The van der Waals surface area contributed by atoms with Crippen LogP contribution in [0.2, 0.25) is 0 Å². The number of non-ortho nitro benzene ring substituents is 1. The van der Waals surface area contributed by atoms with Crippen molar-refractivity contribution in [2.45, 2.75) is 6.61 Å². The highest BCUT2D eigenvalue weighted by molar-refractivity contribution is 6.02. The first-order valence-electron chi connectivity index (χ1n) is 9.20.